The molecule has 0 saturated heterocycles. The van der Waals surface area contributed by atoms with Crippen LogP contribution in [-0.4, -0.2) is 38.3 Å². The molecule has 2 heterocycles. The van der Waals surface area contributed by atoms with E-state index in [-0.39, 0.29) is 11.9 Å². The fraction of sp³-hybridized carbons (Fsp3) is 0.400. The van der Waals surface area contributed by atoms with Crippen LogP contribution in [0, 0.1) is 0 Å². The lowest BCUT2D eigenvalue weighted by atomic mass is 10.0. The molecule has 2 N–H and O–H groups in total. The van der Waals surface area contributed by atoms with Crippen LogP contribution in [0.5, 0.6) is 0 Å². The molecule has 2 aromatic rings. The summed E-state index contributed by atoms with van der Waals surface area (Å²) in [6, 6.07) is 7.49. The van der Waals surface area contributed by atoms with Gasteiger partial charge in [0, 0.05) is 11.3 Å². The smallest absolute Gasteiger partial charge is 0.341 e. The molecule has 27 heavy (non-hydrogen) atoms. The van der Waals surface area contributed by atoms with Crippen molar-refractivity contribution in [2.45, 2.75) is 31.2 Å². The van der Waals surface area contributed by atoms with Gasteiger partial charge in [0.25, 0.3) is 5.91 Å². The number of thioether (sulfide) groups is 1. The van der Waals surface area contributed by atoms with Gasteiger partial charge in [0.15, 0.2) is 0 Å². The minimum Gasteiger partial charge on any atom is -0.465 e. The zero-order valence-corrected chi connectivity index (χ0v) is 17.5. The Hall–Kier alpha value is -1.83. The standard InChI is InChI=1S/C20H24N2O3S2/c1-4-10-22-11-9-13-16(12-22)27-19(17(13)20(24)25-2)21-18(23)14-7-5-6-8-15(14)26-3/h5-8H,4,9-12H2,1-3H3,(H,21,23)/p+1. The normalized spacial score (nSPS) is 15.9. The maximum absolute atomic E-state index is 12.9. The average Bonchev–Trinajstić information content (AvgIpc) is 3.04. The number of methoxy groups -OCH3 is 1. The Morgan fingerprint density at radius 2 is 2.11 bits per heavy atom. The fourth-order valence-electron chi connectivity index (χ4n) is 3.51. The number of carbonyl (C=O) groups is 2. The molecule has 1 amide bonds. The van der Waals surface area contributed by atoms with Crippen molar-refractivity contribution in [3.05, 3.63) is 45.8 Å². The van der Waals surface area contributed by atoms with Crippen LogP contribution < -0.4 is 10.2 Å². The van der Waals surface area contributed by atoms with Crippen molar-refractivity contribution in [1.82, 2.24) is 0 Å². The Labute approximate surface area is 168 Å². The minimum absolute atomic E-state index is 0.193. The Balaban J connectivity index is 1.93. The van der Waals surface area contributed by atoms with Crippen LogP contribution in [0.25, 0.3) is 0 Å². The molecule has 1 aliphatic heterocycles. The summed E-state index contributed by atoms with van der Waals surface area (Å²) in [4.78, 5) is 28.9. The number of carbonyl (C=O) groups excluding carboxylic acids is 2. The Morgan fingerprint density at radius 1 is 1.33 bits per heavy atom. The predicted octanol–water partition coefficient (Wildman–Crippen LogP) is 2.86. The van der Waals surface area contributed by atoms with Crippen molar-refractivity contribution in [3.63, 3.8) is 0 Å². The van der Waals surface area contributed by atoms with Crippen molar-refractivity contribution in [2.24, 2.45) is 0 Å². The lowest BCUT2D eigenvalue weighted by Gasteiger charge is -2.23. The molecule has 1 unspecified atom stereocenters. The first-order valence-corrected chi connectivity index (χ1v) is 11.1. The SMILES string of the molecule is CCC[NH+]1CCc2c(sc(NC(=O)c3ccccc3SC)c2C(=O)OC)C1. The summed E-state index contributed by atoms with van der Waals surface area (Å²) in [7, 11) is 1.39. The molecule has 1 aromatic carbocycles. The number of benzene rings is 1. The highest BCUT2D eigenvalue weighted by molar-refractivity contribution is 7.98. The van der Waals surface area contributed by atoms with Crippen molar-refractivity contribution < 1.29 is 19.2 Å². The third-order valence-electron chi connectivity index (χ3n) is 4.80. The molecule has 1 aliphatic rings. The van der Waals surface area contributed by atoms with E-state index in [0.717, 1.165) is 42.9 Å². The van der Waals surface area contributed by atoms with Crippen molar-refractivity contribution in [3.8, 4) is 0 Å². The van der Waals surface area contributed by atoms with Crippen molar-refractivity contribution in [1.29, 1.82) is 0 Å². The van der Waals surface area contributed by atoms with Gasteiger partial charge in [-0.05, 0) is 30.4 Å². The molecule has 0 bridgehead atoms. The summed E-state index contributed by atoms with van der Waals surface area (Å²) < 4.78 is 5.01. The monoisotopic (exact) mass is 405 g/mol. The number of anilines is 1. The van der Waals surface area contributed by atoms with Gasteiger partial charge in [0.1, 0.15) is 11.5 Å². The van der Waals surface area contributed by atoms with Crippen molar-refractivity contribution >= 4 is 40.0 Å². The number of amides is 1. The van der Waals surface area contributed by atoms with E-state index in [9.17, 15) is 9.59 Å². The number of fused-ring (bicyclic) bond motifs is 1. The first kappa shape index (κ1) is 19.9. The number of nitrogens with one attached hydrogen (secondary N) is 2. The number of hydrogen-bond acceptors (Lipinski definition) is 5. The Morgan fingerprint density at radius 3 is 2.81 bits per heavy atom. The number of ether oxygens (including phenoxy) is 1. The number of thiophene rings is 1. The van der Waals surface area contributed by atoms with Crippen molar-refractivity contribution in [2.75, 3.05) is 31.8 Å². The van der Waals surface area contributed by atoms with E-state index in [1.54, 1.807) is 6.07 Å². The highest BCUT2D eigenvalue weighted by atomic mass is 32.2. The van der Waals surface area contributed by atoms with Gasteiger partial charge in [-0.25, -0.2) is 4.79 Å². The topological polar surface area (TPSA) is 59.8 Å². The molecule has 0 spiro atoms. The third-order valence-corrected chi connectivity index (χ3v) is 6.74. The Bertz CT molecular complexity index is 848. The van der Waals surface area contributed by atoms with Gasteiger partial charge in [-0.1, -0.05) is 19.1 Å². The molecule has 144 valence electrons. The summed E-state index contributed by atoms with van der Waals surface area (Å²) in [6.45, 7) is 5.21. The number of quaternary nitrogens is 1. The van der Waals surface area contributed by atoms with E-state index < -0.39 is 0 Å². The van der Waals surface area contributed by atoms with Gasteiger partial charge in [-0.2, -0.15) is 0 Å². The van der Waals surface area contributed by atoms with E-state index in [2.05, 4.69) is 12.2 Å². The van der Waals surface area contributed by atoms with E-state index in [1.165, 1.54) is 40.0 Å². The maximum Gasteiger partial charge on any atom is 0.341 e. The molecule has 0 aliphatic carbocycles. The largest absolute Gasteiger partial charge is 0.465 e. The summed E-state index contributed by atoms with van der Waals surface area (Å²) in [5.41, 5.74) is 2.19. The van der Waals surface area contributed by atoms with Crippen LogP contribution in [0.2, 0.25) is 0 Å². The molecule has 1 aromatic heterocycles. The van der Waals surface area contributed by atoms with Gasteiger partial charge in [-0.3, -0.25) is 4.79 Å². The molecule has 0 fully saturated rings. The van der Waals surface area contributed by atoms with E-state index >= 15 is 0 Å². The van der Waals surface area contributed by atoms with Crippen LogP contribution in [-0.2, 0) is 17.7 Å². The van der Waals surface area contributed by atoms with E-state index in [1.807, 2.05) is 24.5 Å². The number of esters is 1. The van der Waals surface area contributed by atoms with Crippen LogP contribution >= 0.6 is 23.1 Å². The second-order valence-electron chi connectivity index (χ2n) is 6.53. The summed E-state index contributed by atoms with van der Waals surface area (Å²) in [5.74, 6) is -0.568. The predicted molar refractivity (Wildman–Crippen MR) is 110 cm³/mol. The van der Waals surface area contributed by atoms with Gasteiger partial charge in [0.05, 0.1) is 36.2 Å². The lowest BCUT2D eigenvalue weighted by molar-refractivity contribution is -0.915. The van der Waals surface area contributed by atoms with Crippen LogP contribution in [0.1, 0.15) is 44.5 Å². The third kappa shape index (κ3) is 4.20. The summed E-state index contributed by atoms with van der Waals surface area (Å²) in [6.07, 6.45) is 3.92. The zero-order chi connectivity index (χ0) is 19.4. The number of rotatable bonds is 6. The van der Waals surface area contributed by atoms with Gasteiger partial charge >= 0.3 is 5.97 Å². The molecule has 0 saturated carbocycles. The number of hydrogen-bond donors (Lipinski definition) is 2. The minimum atomic E-state index is -0.375. The van der Waals surface area contributed by atoms with Crippen LogP contribution in [0.15, 0.2) is 29.2 Å². The maximum atomic E-state index is 12.9. The molecule has 0 radical (unpaired) electrons. The fourth-order valence-corrected chi connectivity index (χ4v) is 5.41. The summed E-state index contributed by atoms with van der Waals surface area (Å²) in [5, 5.41) is 3.58. The molecular weight excluding hydrogens is 380 g/mol. The first-order chi connectivity index (χ1) is 13.1. The molecule has 5 nitrogen and oxygen atoms in total. The lowest BCUT2D eigenvalue weighted by Crippen LogP contribution is -3.11. The van der Waals surface area contributed by atoms with Crippen LogP contribution in [0.4, 0.5) is 5.00 Å². The highest BCUT2D eigenvalue weighted by Gasteiger charge is 2.31. The molecule has 1 atom stereocenters. The average molecular weight is 406 g/mol. The van der Waals surface area contributed by atoms with Gasteiger partial charge < -0.3 is 15.0 Å². The molecular formula is C20H25N2O3S2+. The summed E-state index contributed by atoms with van der Waals surface area (Å²) >= 11 is 3.04. The quantitative estimate of drug-likeness (QED) is 0.573. The van der Waals surface area contributed by atoms with Crippen LogP contribution in [0.3, 0.4) is 0 Å². The Kier molecular flexibility index (Phi) is 6.57. The van der Waals surface area contributed by atoms with E-state index in [4.69, 9.17) is 4.74 Å². The molecule has 7 heteroatoms. The van der Waals surface area contributed by atoms with Gasteiger partial charge in [-0.15, -0.1) is 23.1 Å². The highest BCUT2D eigenvalue weighted by Crippen LogP contribution is 2.36. The molecule has 3 rings (SSSR count). The second-order valence-corrected chi connectivity index (χ2v) is 8.48. The zero-order valence-electron chi connectivity index (χ0n) is 15.9. The van der Waals surface area contributed by atoms with E-state index in [0.29, 0.717) is 16.1 Å². The first-order valence-electron chi connectivity index (χ1n) is 9.09. The second kappa shape index (κ2) is 8.91. The van der Waals surface area contributed by atoms with Gasteiger partial charge in [0.2, 0.25) is 0 Å².